The summed E-state index contributed by atoms with van der Waals surface area (Å²) in [7, 11) is 0. The lowest BCUT2D eigenvalue weighted by atomic mass is 9.96. The van der Waals surface area contributed by atoms with Crippen LogP contribution in [0.3, 0.4) is 0 Å². The fraction of sp³-hybridized carbons (Fsp3) is 0.500. The lowest BCUT2D eigenvalue weighted by Gasteiger charge is -2.36. The molecule has 132 valence electrons. The van der Waals surface area contributed by atoms with Crippen molar-refractivity contribution in [1.29, 1.82) is 0 Å². The van der Waals surface area contributed by atoms with Gasteiger partial charge in [0.15, 0.2) is 5.65 Å². The summed E-state index contributed by atoms with van der Waals surface area (Å²) in [6, 6.07) is 3.82. The van der Waals surface area contributed by atoms with Crippen molar-refractivity contribution in [2.45, 2.75) is 40.2 Å². The van der Waals surface area contributed by atoms with Crippen molar-refractivity contribution in [2.24, 2.45) is 5.92 Å². The zero-order chi connectivity index (χ0) is 17.7. The van der Waals surface area contributed by atoms with Crippen LogP contribution in [-0.2, 0) is 0 Å². The Bertz CT molecular complexity index is 929. The summed E-state index contributed by atoms with van der Waals surface area (Å²) in [5.74, 6) is 2.03. The van der Waals surface area contributed by atoms with Crippen LogP contribution in [0.15, 0.2) is 16.7 Å². The number of aliphatic hydroxyl groups excluding tert-OH is 1. The first kappa shape index (κ1) is 16.1. The number of anilines is 1. The van der Waals surface area contributed by atoms with Crippen LogP contribution in [0.2, 0.25) is 0 Å². The highest BCUT2D eigenvalue weighted by Gasteiger charge is 2.28. The molecular formula is C18H23N5O2. The predicted octanol–water partition coefficient (Wildman–Crippen LogP) is 2.52. The number of hydrogen-bond donors (Lipinski definition) is 1. The highest BCUT2D eigenvalue weighted by molar-refractivity contribution is 5.65. The van der Waals surface area contributed by atoms with Crippen LogP contribution in [0.5, 0.6) is 0 Å². The lowest BCUT2D eigenvalue weighted by Crippen LogP contribution is -2.43. The average molecular weight is 341 g/mol. The molecular weight excluding hydrogens is 318 g/mol. The SMILES string of the molecule is Cc1cc(-c2cc3nc(C)c(C)c(N4CC[C@@H](O)[C@H](C)C4)n3n2)no1. The van der Waals surface area contributed by atoms with E-state index in [4.69, 9.17) is 9.62 Å². The average Bonchev–Trinajstić information content (AvgIpc) is 3.17. The van der Waals surface area contributed by atoms with Gasteiger partial charge in [0, 0.05) is 36.5 Å². The Kier molecular flexibility index (Phi) is 3.76. The van der Waals surface area contributed by atoms with E-state index in [-0.39, 0.29) is 12.0 Å². The van der Waals surface area contributed by atoms with Crippen LogP contribution >= 0.6 is 0 Å². The number of nitrogens with zero attached hydrogens (tertiary/aromatic N) is 5. The van der Waals surface area contributed by atoms with Gasteiger partial charge in [0.05, 0.1) is 6.10 Å². The number of piperidine rings is 1. The second kappa shape index (κ2) is 5.84. The summed E-state index contributed by atoms with van der Waals surface area (Å²) in [6.45, 7) is 9.67. The molecule has 1 aliphatic rings. The first-order valence-corrected chi connectivity index (χ1v) is 8.67. The molecule has 0 radical (unpaired) electrons. The Labute approximate surface area is 146 Å². The molecule has 0 bridgehead atoms. The molecule has 25 heavy (non-hydrogen) atoms. The Balaban J connectivity index is 1.84. The molecule has 1 fully saturated rings. The molecule has 7 heteroatoms. The standard InChI is InChI=1S/C18H23N5O2/c1-10-9-22(6-5-16(10)24)18-12(3)13(4)19-17-8-14(20-23(17)18)15-7-11(2)25-21-15/h7-8,10,16,24H,5-6,9H2,1-4H3/t10-,16-/m1/s1. The maximum absolute atomic E-state index is 10.1. The smallest absolute Gasteiger partial charge is 0.158 e. The van der Waals surface area contributed by atoms with Crippen molar-refractivity contribution in [3.8, 4) is 11.4 Å². The number of aryl methyl sites for hydroxylation is 2. The quantitative estimate of drug-likeness (QED) is 0.771. The minimum atomic E-state index is -0.235. The third kappa shape index (κ3) is 2.68. The molecule has 1 aliphatic heterocycles. The third-order valence-electron chi connectivity index (χ3n) is 5.10. The number of hydrogen-bond acceptors (Lipinski definition) is 6. The highest BCUT2D eigenvalue weighted by atomic mass is 16.5. The van der Waals surface area contributed by atoms with E-state index in [2.05, 4.69) is 28.9 Å². The monoisotopic (exact) mass is 341 g/mol. The van der Waals surface area contributed by atoms with E-state index in [0.717, 1.165) is 53.7 Å². The van der Waals surface area contributed by atoms with Crippen LogP contribution in [0, 0.1) is 26.7 Å². The molecule has 4 rings (SSSR count). The zero-order valence-electron chi connectivity index (χ0n) is 15.0. The summed E-state index contributed by atoms with van der Waals surface area (Å²) in [5.41, 5.74) is 4.37. The molecule has 0 saturated carbocycles. The van der Waals surface area contributed by atoms with E-state index in [1.807, 2.05) is 30.5 Å². The Morgan fingerprint density at radius 2 is 2.00 bits per heavy atom. The number of fused-ring (bicyclic) bond motifs is 1. The molecule has 0 aliphatic carbocycles. The Morgan fingerprint density at radius 3 is 2.68 bits per heavy atom. The molecule has 0 amide bonds. The fourth-order valence-electron chi connectivity index (χ4n) is 3.49. The minimum Gasteiger partial charge on any atom is -0.393 e. The van der Waals surface area contributed by atoms with Crippen molar-refractivity contribution in [3.05, 3.63) is 29.2 Å². The van der Waals surface area contributed by atoms with Gasteiger partial charge in [-0.15, -0.1) is 0 Å². The highest BCUT2D eigenvalue weighted by Crippen LogP contribution is 2.30. The van der Waals surface area contributed by atoms with Crippen molar-refractivity contribution < 1.29 is 9.63 Å². The normalized spacial score (nSPS) is 21.2. The van der Waals surface area contributed by atoms with Crippen LogP contribution in [0.4, 0.5) is 5.82 Å². The van der Waals surface area contributed by atoms with Crippen LogP contribution in [0.25, 0.3) is 17.0 Å². The van der Waals surface area contributed by atoms with Gasteiger partial charge in [-0.25, -0.2) is 4.98 Å². The van der Waals surface area contributed by atoms with Crippen LogP contribution in [-0.4, -0.2) is 44.1 Å². The van der Waals surface area contributed by atoms with E-state index >= 15 is 0 Å². The van der Waals surface area contributed by atoms with Crippen molar-refractivity contribution in [1.82, 2.24) is 19.8 Å². The van der Waals surface area contributed by atoms with Crippen LogP contribution < -0.4 is 4.90 Å². The lowest BCUT2D eigenvalue weighted by molar-refractivity contribution is 0.0967. The second-order valence-corrected chi connectivity index (χ2v) is 7.05. The largest absolute Gasteiger partial charge is 0.393 e. The second-order valence-electron chi connectivity index (χ2n) is 7.05. The van der Waals surface area contributed by atoms with Gasteiger partial charge in [0.2, 0.25) is 0 Å². The van der Waals surface area contributed by atoms with Gasteiger partial charge < -0.3 is 14.5 Å². The molecule has 3 aromatic heterocycles. The molecule has 3 aromatic rings. The van der Waals surface area contributed by atoms with Crippen molar-refractivity contribution in [2.75, 3.05) is 18.0 Å². The summed E-state index contributed by atoms with van der Waals surface area (Å²) >= 11 is 0. The van der Waals surface area contributed by atoms with E-state index < -0.39 is 0 Å². The maximum Gasteiger partial charge on any atom is 0.158 e. The van der Waals surface area contributed by atoms with Gasteiger partial charge in [-0.2, -0.15) is 9.61 Å². The van der Waals surface area contributed by atoms with Gasteiger partial charge >= 0.3 is 0 Å². The maximum atomic E-state index is 10.1. The van der Waals surface area contributed by atoms with Gasteiger partial charge in [0.25, 0.3) is 0 Å². The molecule has 4 heterocycles. The van der Waals surface area contributed by atoms with Crippen molar-refractivity contribution in [3.63, 3.8) is 0 Å². The van der Waals surface area contributed by atoms with E-state index in [1.54, 1.807) is 0 Å². The first-order valence-electron chi connectivity index (χ1n) is 8.67. The third-order valence-corrected chi connectivity index (χ3v) is 5.10. The predicted molar refractivity (Wildman–Crippen MR) is 94.7 cm³/mol. The minimum absolute atomic E-state index is 0.227. The molecule has 1 saturated heterocycles. The Morgan fingerprint density at radius 1 is 1.20 bits per heavy atom. The van der Waals surface area contributed by atoms with Gasteiger partial charge in [0.1, 0.15) is 23.0 Å². The fourth-order valence-corrected chi connectivity index (χ4v) is 3.49. The first-order chi connectivity index (χ1) is 11.9. The van der Waals surface area contributed by atoms with Crippen molar-refractivity contribution >= 4 is 11.5 Å². The number of aliphatic hydroxyl groups is 1. The van der Waals surface area contributed by atoms with E-state index in [9.17, 15) is 5.11 Å². The van der Waals surface area contributed by atoms with Gasteiger partial charge in [-0.3, -0.25) is 0 Å². The number of rotatable bonds is 2. The zero-order valence-corrected chi connectivity index (χ0v) is 15.0. The topological polar surface area (TPSA) is 79.7 Å². The van der Waals surface area contributed by atoms with E-state index in [0.29, 0.717) is 5.69 Å². The molecule has 0 aromatic carbocycles. The molecule has 0 spiro atoms. The van der Waals surface area contributed by atoms with Gasteiger partial charge in [-0.1, -0.05) is 12.1 Å². The molecule has 0 unspecified atom stereocenters. The molecule has 7 nitrogen and oxygen atoms in total. The summed E-state index contributed by atoms with van der Waals surface area (Å²) in [6.07, 6.45) is 0.529. The van der Waals surface area contributed by atoms with Gasteiger partial charge in [-0.05, 0) is 33.1 Å². The number of aromatic nitrogens is 4. The Hall–Kier alpha value is -2.41. The molecule has 2 atom stereocenters. The van der Waals surface area contributed by atoms with E-state index in [1.165, 1.54) is 0 Å². The van der Waals surface area contributed by atoms with Crippen LogP contribution in [0.1, 0.15) is 30.4 Å². The summed E-state index contributed by atoms with van der Waals surface area (Å²) in [4.78, 5) is 6.99. The molecule has 1 N–H and O–H groups in total. The summed E-state index contributed by atoms with van der Waals surface area (Å²) < 4.78 is 7.07. The summed E-state index contributed by atoms with van der Waals surface area (Å²) in [5, 5.41) is 18.9.